The fourth-order valence-electron chi connectivity index (χ4n) is 3.21. The van der Waals surface area contributed by atoms with Gasteiger partial charge in [-0.2, -0.15) is 0 Å². The molecule has 3 atom stereocenters. The fourth-order valence-corrected chi connectivity index (χ4v) is 3.76. The largest absolute Gasteiger partial charge is 0.495 e. The van der Waals surface area contributed by atoms with E-state index in [2.05, 4.69) is 55.0 Å². The van der Waals surface area contributed by atoms with Crippen LogP contribution in [-0.2, 0) is 4.74 Å². The van der Waals surface area contributed by atoms with Crippen molar-refractivity contribution in [3.05, 3.63) is 22.2 Å². The summed E-state index contributed by atoms with van der Waals surface area (Å²) >= 11 is 3.52. The molecule has 21 heavy (non-hydrogen) atoms. The molecule has 1 fully saturated rings. The third-order valence-corrected chi connectivity index (χ3v) is 5.37. The molecule has 4 heteroatoms. The molecular weight excluding hydrogens is 330 g/mol. The molecule has 1 aromatic rings. The van der Waals surface area contributed by atoms with Crippen molar-refractivity contribution < 1.29 is 9.47 Å². The number of nitrogens with one attached hydrogen (secondary N) is 1. The van der Waals surface area contributed by atoms with Gasteiger partial charge in [-0.05, 0) is 44.4 Å². The fraction of sp³-hybridized carbons (Fsp3) is 0.647. The van der Waals surface area contributed by atoms with Crippen molar-refractivity contribution in [2.75, 3.05) is 19.0 Å². The summed E-state index contributed by atoms with van der Waals surface area (Å²) in [5, 5.41) is 3.70. The number of benzene rings is 1. The van der Waals surface area contributed by atoms with Gasteiger partial charge in [0.2, 0.25) is 0 Å². The zero-order valence-electron chi connectivity index (χ0n) is 13.6. The second-order valence-electron chi connectivity index (χ2n) is 6.04. The van der Waals surface area contributed by atoms with Gasteiger partial charge in [-0.1, -0.05) is 29.8 Å². The van der Waals surface area contributed by atoms with Crippen LogP contribution in [0.4, 0.5) is 5.69 Å². The first-order valence-corrected chi connectivity index (χ1v) is 8.47. The Bertz CT molecular complexity index is 506. The summed E-state index contributed by atoms with van der Waals surface area (Å²) in [4.78, 5) is 0. The van der Waals surface area contributed by atoms with Gasteiger partial charge in [-0.25, -0.2) is 0 Å². The third kappa shape index (κ3) is 3.07. The SMILES string of the molecule is CCOC1CC(Nc2c(C)cc(Br)cc2OC)C1(C)CC. The van der Waals surface area contributed by atoms with E-state index >= 15 is 0 Å². The number of rotatable bonds is 6. The molecule has 2 rings (SSSR count). The lowest BCUT2D eigenvalue weighted by Crippen LogP contribution is -2.59. The second-order valence-corrected chi connectivity index (χ2v) is 6.95. The van der Waals surface area contributed by atoms with E-state index in [1.54, 1.807) is 7.11 Å². The average molecular weight is 356 g/mol. The number of hydrogen-bond donors (Lipinski definition) is 1. The lowest BCUT2D eigenvalue weighted by atomic mass is 9.61. The molecule has 0 aromatic heterocycles. The van der Waals surface area contributed by atoms with Crippen molar-refractivity contribution in [1.29, 1.82) is 0 Å². The average Bonchev–Trinajstić information content (AvgIpc) is 2.46. The van der Waals surface area contributed by atoms with Crippen LogP contribution in [-0.4, -0.2) is 25.9 Å². The molecule has 0 spiro atoms. The zero-order valence-corrected chi connectivity index (χ0v) is 15.2. The molecule has 1 aromatic carbocycles. The molecule has 0 heterocycles. The smallest absolute Gasteiger partial charge is 0.143 e. The van der Waals surface area contributed by atoms with E-state index in [9.17, 15) is 0 Å². The predicted octanol–water partition coefficient (Wildman–Crippen LogP) is 4.77. The van der Waals surface area contributed by atoms with Gasteiger partial charge in [0, 0.05) is 22.5 Å². The number of halogens is 1. The Hall–Kier alpha value is -0.740. The van der Waals surface area contributed by atoms with Gasteiger partial charge >= 0.3 is 0 Å². The molecule has 118 valence electrons. The topological polar surface area (TPSA) is 30.5 Å². The van der Waals surface area contributed by atoms with Crippen molar-refractivity contribution in [2.45, 2.75) is 52.7 Å². The lowest BCUT2D eigenvalue weighted by Gasteiger charge is -2.54. The quantitative estimate of drug-likeness (QED) is 0.796. The first kappa shape index (κ1) is 16.6. The van der Waals surface area contributed by atoms with E-state index in [0.717, 1.165) is 35.4 Å². The molecular formula is C17H26BrNO2. The predicted molar refractivity (Wildman–Crippen MR) is 91.3 cm³/mol. The molecule has 1 aliphatic carbocycles. The highest BCUT2D eigenvalue weighted by atomic mass is 79.9. The van der Waals surface area contributed by atoms with Gasteiger partial charge < -0.3 is 14.8 Å². The van der Waals surface area contributed by atoms with Crippen LogP contribution in [0.15, 0.2) is 16.6 Å². The van der Waals surface area contributed by atoms with Crippen LogP contribution in [0.25, 0.3) is 0 Å². The number of methoxy groups -OCH3 is 1. The van der Waals surface area contributed by atoms with Crippen LogP contribution in [0.1, 0.15) is 39.2 Å². The number of hydrogen-bond acceptors (Lipinski definition) is 3. The summed E-state index contributed by atoms with van der Waals surface area (Å²) < 4.78 is 12.5. The van der Waals surface area contributed by atoms with Gasteiger partial charge in [0.25, 0.3) is 0 Å². The molecule has 3 nitrogen and oxygen atoms in total. The van der Waals surface area contributed by atoms with Crippen molar-refractivity contribution in [1.82, 2.24) is 0 Å². The molecule has 1 aliphatic rings. The Labute approximate surface area is 136 Å². The molecule has 0 saturated heterocycles. The van der Waals surface area contributed by atoms with Gasteiger partial charge in [-0.15, -0.1) is 0 Å². The minimum atomic E-state index is 0.181. The highest BCUT2D eigenvalue weighted by Crippen LogP contribution is 2.48. The van der Waals surface area contributed by atoms with Gasteiger partial charge in [0.05, 0.1) is 18.9 Å². The van der Waals surface area contributed by atoms with E-state index in [1.165, 1.54) is 5.56 Å². The standard InChI is InChI=1S/C17H26BrNO2/c1-6-17(4)14(10-15(17)21-7-2)19-16-11(3)8-12(18)9-13(16)20-5/h8-9,14-15,19H,6-7,10H2,1-5H3. The summed E-state index contributed by atoms with van der Waals surface area (Å²) in [6.07, 6.45) is 2.51. The molecule has 0 bridgehead atoms. The summed E-state index contributed by atoms with van der Waals surface area (Å²) in [6, 6.07) is 4.55. The number of ether oxygens (including phenoxy) is 2. The van der Waals surface area contributed by atoms with Gasteiger partial charge in [0.1, 0.15) is 5.75 Å². The molecule has 0 aliphatic heterocycles. The monoisotopic (exact) mass is 355 g/mol. The van der Waals surface area contributed by atoms with Gasteiger partial charge in [-0.3, -0.25) is 0 Å². The summed E-state index contributed by atoms with van der Waals surface area (Å²) in [6.45, 7) is 9.52. The lowest BCUT2D eigenvalue weighted by molar-refractivity contribution is -0.109. The highest BCUT2D eigenvalue weighted by Gasteiger charge is 2.51. The minimum absolute atomic E-state index is 0.181. The maximum atomic E-state index is 5.88. The maximum absolute atomic E-state index is 5.88. The Balaban J connectivity index is 2.20. The highest BCUT2D eigenvalue weighted by molar-refractivity contribution is 9.10. The Morgan fingerprint density at radius 1 is 1.38 bits per heavy atom. The van der Waals surface area contributed by atoms with E-state index in [4.69, 9.17) is 9.47 Å². The van der Waals surface area contributed by atoms with Crippen LogP contribution in [0, 0.1) is 12.3 Å². The number of anilines is 1. The van der Waals surface area contributed by atoms with Crippen molar-refractivity contribution in [3.8, 4) is 5.75 Å². The first-order valence-electron chi connectivity index (χ1n) is 7.68. The maximum Gasteiger partial charge on any atom is 0.143 e. The summed E-state index contributed by atoms with van der Waals surface area (Å²) in [5.74, 6) is 0.889. The van der Waals surface area contributed by atoms with Crippen molar-refractivity contribution >= 4 is 21.6 Å². The van der Waals surface area contributed by atoms with E-state index in [0.29, 0.717) is 12.1 Å². The van der Waals surface area contributed by atoms with Crippen LogP contribution < -0.4 is 10.1 Å². The molecule has 1 saturated carbocycles. The number of aryl methyl sites for hydroxylation is 1. The van der Waals surface area contributed by atoms with E-state index < -0.39 is 0 Å². The first-order chi connectivity index (χ1) is 9.96. The van der Waals surface area contributed by atoms with Crippen LogP contribution in [0.5, 0.6) is 5.75 Å². The Morgan fingerprint density at radius 2 is 2.10 bits per heavy atom. The summed E-state index contributed by atoms with van der Waals surface area (Å²) in [5.41, 5.74) is 2.47. The van der Waals surface area contributed by atoms with Crippen LogP contribution in [0.2, 0.25) is 0 Å². The molecule has 1 N–H and O–H groups in total. The normalized spacial score (nSPS) is 28.1. The third-order valence-electron chi connectivity index (χ3n) is 4.91. The second kappa shape index (κ2) is 6.57. The minimum Gasteiger partial charge on any atom is -0.495 e. The van der Waals surface area contributed by atoms with Gasteiger partial charge in [0.15, 0.2) is 0 Å². The Morgan fingerprint density at radius 3 is 2.67 bits per heavy atom. The van der Waals surface area contributed by atoms with Crippen molar-refractivity contribution in [2.24, 2.45) is 5.41 Å². The van der Waals surface area contributed by atoms with Crippen molar-refractivity contribution in [3.63, 3.8) is 0 Å². The van der Waals surface area contributed by atoms with E-state index in [-0.39, 0.29) is 5.41 Å². The molecule has 0 amide bonds. The van der Waals surface area contributed by atoms with Crippen LogP contribution >= 0.6 is 15.9 Å². The summed E-state index contributed by atoms with van der Waals surface area (Å²) in [7, 11) is 1.72. The van der Waals surface area contributed by atoms with E-state index in [1.807, 2.05) is 6.07 Å². The Kier molecular flexibility index (Phi) is 5.20. The zero-order chi connectivity index (χ0) is 15.6. The molecule has 0 radical (unpaired) electrons. The molecule has 3 unspecified atom stereocenters. The van der Waals surface area contributed by atoms with Crippen LogP contribution in [0.3, 0.4) is 0 Å².